The minimum atomic E-state index is 1.09. The monoisotopic (exact) mass is 746 g/mol. The first-order chi connectivity index (χ1) is 24.6. The Morgan fingerprint density at radius 1 is 0.420 bits per heavy atom. The Kier molecular flexibility index (Phi) is 17.0. The Balaban J connectivity index is 1.29. The van der Waals surface area contributed by atoms with Crippen molar-refractivity contribution in [2.24, 2.45) is 0 Å². The van der Waals surface area contributed by atoms with Crippen LogP contribution in [0.5, 0.6) is 0 Å². The molecule has 2 nitrogen and oxygen atoms in total. The topological polar surface area (TPSA) is 25.8 Å². The predicted octanol–water partition coefficient (Wildman–Crippen LogP) is 16.4. The molecule has 0 atom stereocenters. The van der Waals surface area contributed by atoms with Gasteiger partial charge in [0, 0.05) is 36.8 Å². The maximum Gasteiger partial charge on any atom is 0.109 e. The van der Waals surface area contributed by atoms with Crippen LogP contribution in [-0.4, -0.2) is 9.97 Å². The van der Waals surface area contributed by atoms with Gasteiger partial charge in [0.2, 0.25) is 0 Å². The Morgan fingerprint density at radius 3 is 1.36 bits per heavy atom. The average Bonchev–Trinajstić information content (AvgIpc) is 3.91. The van der Waals surface area contributed by atoms with E-state index in [1.54, 1.807) is 0 Å². The standard InChI is InChI=1S/C44H62N2S4/c1-5-7-9-11-13-15-17-19-21-23-25-35-31-34(4)48-41(35)43-39-40(46-30-29-45-39)44(50-43)42-36(32-38(49-42)37-28-27-33(3)47-37)26-24-22-20-18-16-14-12-10-8-6-2/h27-32H,5-26H2,1-4H3. The second-order valence-electron chi connectivity index (χ2n) is 14.5. The lowest BCUT2D eigenvalue weighted by atomic mass is 10.0. The smallest absolute Gasteiger partial charge is 0.109 e. The number of hydrogen-bond donors (Lipinski definition) is 0. The van der Waals surface area contributed by atoms with Gasteiger partial charge in [0.25, 0.3) is 0 Å². The van der Waals surface area contributed by atoms with Gasteiger partial charge in [-0.2, -0.15) is 0 Å². The summed E-state index contributed by atoms with van der Waals surface area (Å²) in [7, 11) is 0. The molecule has 0 saturated carbocycles. The van der Waals surface area contributed by atoms with Gasteiger partial charge < -0.3 is 0 Å². The molecular weight excluding hydrogens is 685 g/mol. The van der Waals surface area contributed by atoms with Crippen molar-refractivity contribution in [2.75, 3.05) is 0 Å². The molecule has 0 bridgehead atoms. The summed E-state index contributed by atoms with van der Waals surface area (Å²) in [6.45, 7) is 9.10. The Bertz CT molecular complexity index is 1680. The summed E-state index contributed by atoms with van der Waals surface area (Å²) >= 11 is 7.80. The summed E-state index contributed by atoms with van der Waals surface area (Å²) in [4.78, 5) is 21.1. The van der Waals surface area contributed by atoms with Crippen LogP contribution < -0.4 is 0 Å². The normalized spacial score (nSPS) is 11.8. The van der Waals surface area contributed by atoms with Gasteiger partial charge in [0.05, 0.1) is 14.6 Å². The van der Waals surface area contributed by atoms with Crippen LogP contribution in [-0.2, 0) is 12.8 Å². The van der Waals surface area contributed by atoms with Crippen molar-refractivity contribution in [3.63, 3.8) is 0 Å². The zero-order chi connectivity index (χ0) is 35.0. The van der Waals surface area contributed by atoms with Crippen molar-refractivity contribution in [1.29, 1.82) is 0 Å². The van der Waals surface area contributed by atoms with Crippen molar-refractivity contribution in [2.45, 2.75) is 169 Å². The van der Waals surface area contributed by atoms with E-state index in [1.807, 2.05) is 57.7 Å². The van der Waals surface area contributed by atoms with Crippen LogP contribution in [0.1, 0.15) is 163 Å². The lowest BCUT2D eigenvalue weighted by molar-refractivity contribution is 0.556. The fraction of sp³-hybridized carbons (Fsp3) is 0.591. The molecule has 0 radical (unpaired) electrons. The summed E-state index contributed by atoms with van der Waals surface area (Å²) in [5, 5.41) is 0. The first-order valence-electron chi connectivity index (χ1n) is 20.1. The minimum absolute atomic E-state index is 1.09. The summed E-state index contributed by atoms with van der Waals surface area (Å²) in [5.41, 5.74) is 5.19. The molecule has 5 rings (SSSR count). The number of hydrogen-bond acceptors (Lipinski definition) is 6. The Morgan fingerprint density at radius 2 is 0.880 bits per heavy atom. The first-order valence-corrected chi connectivity index (χ1v) is 23.4. The summed E-state index contributed by atoms with van der Waals surface area (Å²) in [5.74, 6) is 0. The van der Waals surface area contributed by atoms with Crippen LogP contribution in [0.2, 0.25) is 0 Å². The Hall–Kier alpha value is -1.86. The van der Waals surface area contributed by atoms with Gasteiger partial charge in [-0.25, -0.2) is 0 Å². The molecule has 50 heavy (non-hydrogen) atoms. The molecule has 0 aromatic carbocycles. The molecule has 0 spiro atoms. The van der Waals surface area contributed by atoms with Crippen LogP contribution in [0.3, 0.4) is 0 Å². The van der Waals surface area contributed by atoms with Crippen LogP contribution in [0.4, 0.5) is 0 Å². The van der Waals surface area contributed by atoms with Crippen molar-refractivity contribution in [3.05, 3.63) is 57.5 Å². The quantitative estimate of drug-likeness (QED) is 0.0556. The highest BCUT2D eigenvalue weighted by Crippen LogP contribution is 2.50. The van der Waals surface area contributed by atoms with E-state index in [2.05, 4.69) is 52.0 Å². The van der Waals surface area contributed by atoms with E-state index in [9.17, 15) is 0 Å². The van der Waals surface area contributed by atoms with Gasteiger partial charge in [-0.15, -0.1) is 45.3 Å². The van der Waals surface area contributed by atoms with Gasteiger partial charge in [-0.1, -0.05) is 129 Å². The molecular formula is C44H62N2S4. The van der Waals surface area contributed by atoms with Crippen LogP contribution in [0.15, 0.2) is 36.7 Å². The summed E-state index contributed by atoms with van der Waals surface area (Å²) in [6.07, 6.45) is 33.6. The molecule has 0 N–H and O–H groups in total. The van der Waals surface area contributed by atoms with Crippen molar-refractivity contribution in [3.8, 4) is 29.3 Å². The maximum absolute atomic E-state index is 5.01. The Labute approximate surface area is 320 Å². The minimum Gasteiger partial charge on any atom is -0.251 e. The van der Waals surface area contributed by atoms with Crippen LogP contribution >= 0.6 is 45.3 Å². The number of rotatable bonds is 25. The van der Waals surface area contributed by atoms with E-state index >= 15 is 0 Å². The van der Waals surface area contributed by atoms with E-state index in [0.29, 0.717) is 0 Å². The maximum atomic E-state index is 5.01. The molecule has 0 amide bonds. The SMILES string of the molecule is CCCCCCCCCCCCc1cc(C)sc1-c1sc(-c2sc(-c3ccc(C)s3)cc2CCCCCCCCCCCC)c2nccnc12. The molecule has 0 unspecified atom stereocenters. The predicted molar refractivity (Wildman–Crippen MR) is 228 cm³/mol. The largest absolute Gasteiger partial charge is 0.251 e. The van der Waals surface area contributed by atoms with Crippen LogP contribution in [0, 0.1) is 13.8 Å². The summed E-state index contributed by atoms with van der Waals surface area (Å²) in [6, 6.07) is 9.54. The van der Waals surface area contributed by atoms with E-state index in [-0.39, 0.29) is 0 Å². The molecule has 0 aliphatic heterocycles. The van der Waals surface area contributed by atoms with Crippen molar-refractivity contribution < 1.29 is 0 Å². The second kappa shape index (κ2) is 21.6. The third-order valence-corrected chi connectivity index (χ3v) is 15.0. The molecule has 5 heterocycles. The highest BCUT2D eigenvalue weighted by Gasteiger charge is 2.24. The second-order valence-corrected chi connectivity index (χ2v) is 19.1. The number of thiophene rings is 4. The van der Waals surface area contributed by atoms with Gasteiger partial charge in [0.15, 0.2) is 0 Å². The molecule has 0 fully saturated rings. The number of aryl methyl sites for hydroxylation is 4. The number of aromatic nitrogens is 2. The van der Waals surface area contributed by atoms with E-state index in [1.165, 1.54) is 179 Å². The molecule has 5 aromatic rings. The van der Waals surface area contributed by atoms with Crippen LogP contribution in [0.25, 0.3) is 40.3 Å². The third-order valence-electron chi connectivity index (χ3n) is 10.1. The number of fused-ring (bicyclic) bond motifs is 1. The van der Waals surface area contributed by atoms with E-state index in [0.717, 1.165) is 23.9 Å². The fourth-order valence-corrected chi connectivity index (χ4v) is 12.0. The van der Waals surface area contributed by atoms with Gasteiger partial charge >= 0.3 is 0 Å². The zero-order valence-electron chi connectivity index (χ0n) is 31.5. The van der Waals surface area contributed by atoms with Gasteiger partial charge in [-0.3, -0.25) is 9.97 Å². The number of nitrogens with zero attached hydrogens (tertiary/aromatic N) is 2. The molecule has 0 saturated heterocycles. The lowest BCUT2D eigenvalue weighted by Gasteiger charge is -2.04. The van der Waals surface area contributed by atoms with E-state index in [4.69, 9.17) is 9.97 Å². The van der Waals surface area contributed by atoms with Gasteiger partial charge in [0.1, 0.15) is 11.0 Å². The third kappa shape index (κ3) is 11.6. The fourth-order valence-electron chi connectivity index (χ4n) is 7.22. The molecule has 272 valence electrons. The lowest BCUT2D eigenvalue weighted by Crippen LogP contribution is -1.88. The zero-order valence-corrected chi connectivity index (χ0v) is 34.8. The molecule has 5 aromatic heterocycles. The summed E-state index contributed by atoms with van der Waals surface area (Å²) < 4.78 is 0. The average molecular weight is 747 g/mol. The molecule has 0 aliphatic rings. The first kappa shape index (κ1) is 39.3. The highest BCUT2D eigenvalue weighted by molar-refractivity contribution is 7.29. The van der Waals surface area contributed by atoms with Crippen molar-refractivity contribution >= 4 is 56.4 Å². The van der Waals surface area contributed by atoms with Crippen molar-refractivity contribution in [1.82, 2.24) is 9.97 Å². The highest BCUT2D eigenvalue weighted by atomic mass is 32.1. The molecule has 0 aliphatic carbocycles. The van der Waals surface area contributed by atoms with E-state index < -0.39 is 0 Å². The van der Waals surface area contributed by atoms with Gasteiger partial charge in [-0.05, 0) is 74.9 Å². The number of unbranched alkanes of at least 4 members (excludes halogenated alkanes) is 18. The molecule has 6 heteroatoms.